The number of aryl methyl sites for hydroxylation is 2. The van der Waals surface area contributed by atoms with E-state index in [-0.39, 0.29) is 36.4 Å². The molecular weight excluding hydrogens is 696 g/mol. The fourth-order valence-corrected chi connectivity index (χ4v) is 7.70. The first-order valence-electron chi connectivity index (χ1n) is 19.4. The number of nitrogens with zero attached hydrogens (tertiary/aromatic N) is 6. The molecule has 0 bridgehead atoms. The number of anilines is 1. The number of fused-ring (bicyclic) bond motifs is 1. The van der Waals surface area contributed by atoms with Gasteiger partial charge in [0, 0.05) is 87.5 Å². The maximum absolute atomic E-state index is 15.6. The van der Waals surface area contributed by atoms with Gasteiger partial charge in [0.25, 0.3) is 5.91 Å². The summed E-state index contributed by atoms with van der Waals surface area (Å²) in [5, 5.41) is 9.35. The van der Waals surface area contributed by atoms with Crippen LogP contribution in [0.5, 0.6) is 0 Å². The van der Waals surface area contributed by atoms with Crippen molar-refractivity contribution in [3.63, 3.8) is 0 Å². The first kappa shape index (κ1) is 38.1. The SMILES string of the molecule is CCc1nc2c(cnn2CC)c(NC2CCOCC2)c1CN(Cc1cc(F)cc(-c2cccc(CN3CCN(C)CC3)c2)c1)C(=O)c1cccc(C(N)=O)c1. The third-order valence-corrected chi connectivity index (χ3v) is 10.8. The zero-order valence-electron chi connectivity index (χ0n) is 32.1. The molecule has 0 spiro atoms. The third-order valence-electron chi connectivity index (χ3n) is 10.8. The number of ether oxygens (including phenoxy) is 1. The lowest BCUT2D eigenvalue weighted by Gasteiger charge is -2.32. The van der Waals surface area contributed by atoms with Gasteiger partial charge in [0.15, 0.2) is 5.65 Å². The number of nitrogens with two attached hydrogens (primary N) is 1. The molecule has 0 aliphatic carbocycles. The number of hydrogen-bond acceptors (Lipinski definition) is 8. The molecule has 2 aliphatic heterocycles. The number of aromatic nitrogens is 3. The third kappa shape index (κ3) is 8.88. The highest BCUT2D eigenvalue weighted by Gasteiger charge is 2.26. The van der Waals surface area contributed by atoms with Crippen molar-refractivity contribution in [1.82, 2.24) is 29.5 Å². The summed E-state index contributed by atoms with van der Waals surface area (Å²) in [7, 11) is 2.15. The van der Waals surface area contributed by atoms with E-state index in [1.54, 1.807) is 29.2 Å². The van der Waals surface area contributed by atoms with Crippen molar-refractivity contribution in [1.29, 1.82) is 0 Å². The highest BCUT2D eigenvalue weighted by atomic mass is 19.1. The van der Waals surface area contributed by atoms with Crippen molar-refractivity contribution < 1.29 is 18.7 Å². The van der Waals surface area contributed by atoms with E-state index in [9.17, 15) is 9.59 Å². The fourth-order valence-electron chi connectivity index (χ4n) is 7.70. The van der Waals surface area contributed by atoms with Crippen LogP contribution in [0.4, 0.5) is 10.1 Å². The maximum Gasteiger partial charge on any atom is 0.254 e. The number of amides is 2. The van der Waals surface area contributed by atoms with Crippen LogP contribution in [-0.4, -0.2) is 93.8 Å². The molecule has 12 heteroatoms. The molecular formula is C43H51FN8O3. The van der Waals surface area contributed by atoms with E-state index in [2.05, 4.69) is 46.3 Å². The van der Waals surface area contributed by atoms with Gasteiger partial charge in [0.1, 0.15) is 5.82 Å². The first-order valence-corrected chi connectivity index (χ1v) is 19.4. The summed E-state index contributed by atoms with van der Waals surface area (Å²) in [4.78, 5) is 38.4. The standard InChI is InChI=1S/C43H51FN8O3/c1-4-39-38(40(47-36-12-18-55-19-13-36)37-25-46-52(5-2)42(37)48-39)28-51(43(54)33-11-7-10-32(23-33)41(45)53)27-30-21-34(24-35(44)22-30)31-9-6-8-29(20-31)26-50-16-14-49(3)15-17-50/h6-11,20-25,36H,4-5,12-19,26-28H2,1-3H3,(H2,45,53)(H,47,48). The predicted octanol–water partition coefficient (Wildman–Crippen LogP) is 6.10. The summed E-state index contributed by atoms with van der Waals surface area (Å²) in [6.45, 7) is 11.3. The summed E-state index contributed by atoms with van der Waals surface area (Å²) in [6.07, 6.45) is 4.15. The molecule has 4 heterocycles. The Hall–Kier alpha value is -5.17. The number of piperazine rings is 1. The minimum absolute atomic E-state index is 0.109. The second-order valence-corrected chi connectivity index (χ2v) is 14.7. The van der Waals surface area contributed by atoms with Crippen molar-refractivity contribution in [2.75, 3.05) is 51.8 Å². The summed E-state index contributed by atoms with van der Waals surface area (Å²) >= 11 is 0. The monoisotopic (exact) mass is 746 g/mol. The van der Waals surface area contributed by atoms with Gasteiger partial charge < -0.3 is 25.6 Å². The molecule has 3 aromatic carbocycles. The quantitative estimate of drug-likeness (QED) is 0.148. The Kier molecular flexibility index (Phi) is 11.8. The number of halogens is 1. The van der Waals surface area contributed by atoms with Crippen molar-refractivity contribution in [2.24, 2.45) is 5.73 Å². The number of pyridine rings is 1. The Balaban J connectivity index is 1.27. The molecule has 3 N–H and O–H groups in total. The molecule has 2 aromatic heterocycles. The highest BCUT2D eigenvalue weighted by molar-refractivity contribution is 5.99. The second-order valence-electron chi connectivity index (χ2n) is 14.7. The lowest BCUT2D eigenvalue weighted by Crippen LogP contribution is -2.43. The molecule has 7 rings (SSSR count). The molecule has 2 amide bonds. The van der Waals surface area contributed by atoms with Crippen molar-refractivity contribution in [3.8, 4) is 11.1 Å². The average molecular weight is 747 g/mol. The van der Waals surface area contributed by atoms with Crippen LogP contribution in [0.3, 0.4) is 0 Å². The number of nitrogens with one attached hydrogen (secondary N) is 1. The molecule has 55 heavy (non-hydrogen) atoms. The summed E-state index contributed by atoms with van der Waals surface area (Å²) in [5.74, 6) is -1.32. The fraction of sp³-hybridized carbons (Fsp3) is 0.395. The Morgan fingerprint density at radius 3 is 2.42 bits per heavy atom. The number of hydrogen-bond donors (Lipinski definition) is 2. The van der Waals surface area contributed by atoms with E-state index in [1.165, 1.54) is 17.7 Å². The summed E-state index contributed by atoms with van der Waals surface area (Å²) in [6, 6.07) is 19.9. The van der Waals surface area contributed by atoms with Gasteiger partial charge in [-0.15, -0.1) is 0 Å². The molecule has 0 unspecified atom stereocenters. The number of rotatable bonds is 13. The van der Waals surface area contributed by atoms with E-state index in [0.717, 1.165) is 84.7 Å². The molecule has 0 saturated carbocycles. The molecule has 5 aromatic rings. The van der Waals surface area contributed by atoms with Crippen LogP contribution >= 0.6 is 0 Å². The Bertz CT molecular complexity index is 2160. The van der Waals surface area contributed by atoms with E-state index in [4.69, 9.17) is 15.5 Å². The minimum Gasteiger partial charge on any atom is -0.381 e. The first-order chi connectivity index (χ1) is 26.7. The average Bonchev–Trinajstić information content (AvgIpc) is 3.62. The lowest BCUT2D eigenvalue weighted by atomic mass is 9.99. The predicted molar refractivity (Wildman–Crippen MR) is 213 cm³/mol. The second kappa shape index (κ2) is 17.1. The van der Waals surface area contributed by atoms with Crippen LogP contribution in [0.1, 0.15) is 69.8 Å². The normalized spacial score (nSPS) is 15.7. The molecule has 2 aliphatic rings. The van der Waals surface area contributed by atoms with Gasteiger partial charge >= 0.3 is 0 Å². The van der Waals surface area contributed by atoms with Crippen molar-refractivity contribution in [3.05, 3.63) is 112 Å². The molecule has 2 saturated heterocycles. The van der Waals surface area contributed by atoms with Crippen LogP contribution in [0.25, 0.3) is 22.2 Å². The zero-order valence-corrected chi connectivity index (χ0v) is 32.1. The molecule has 2 fully saturated rings. The number of benzene rings is 3. The van der Waals surface area contributed by atoms with Crippen LogP contribution in [0, 0.1) is 5.82 Å². The molecule has 11 nitrogen and oxygen atoms in total. The Morgan fingerprint density at radius 1 is 0.927 bits per heavy atom. The highest BCUT2D eigenvalue weighted by Crippen LogP contribution is 2.33. The van der Waals surface area contributed by atoms with Crippen LogP contribution in [0.15, 0.2) is 72.9 Å². The van der Waals surface area contributed by atoms with Crippen LogP contribution < -0.4 is 11.1 Å². The molecule has 288 valence electrons. The number of carbonyl (C=O) groups excluding carboxylic acids is 2. The number of carbonyl (C=O) groups is 2. The van der Waals surface area contributed by atoms with Gasteiger partial charge in [-0.25, -0.2) is 14.1 Å². The number of likely N-dealkylation sites (N-methyl/N-ethyl adjacent to an activating group) is 1. The van der Waals surface area contributed by atoms with E-state index in [1.807, 2.05) is 36.0 Å². The van der Waals surface area contributed by atoms with Crippen LogP contribution in [-0.2, 0) is 37.3 Å². The molecule has 0 atom stereocenters. The summed E-state index contributed by atoms with van der Waals surface area (Å²) in [5.41, 5.74) is 13.1. The zero-order chi connectivity index (χ0) is 38.5. The Labute approximate surface area is 322 Å². The lowest BCUT2D eigenvalue weighted by molar-refractivity contribution is 0.0729. The minimum atomic E-state index is -0.621. The van der Waals surface area contributed by atoms with Gasteiger partial charge in [-0.2, -0.15) is 5.10 Å². The van der Waals surface area contributed by atoms with Crippen molar-refractivity contribution in [2.45, 2.75) is 65.3 Å². The van der Waals surface area contributed by atoms with Crippen molar-refractivity contribution >= 4 is 28.5 Å². The van der Waals surface area contributed by atoms with E-state index < -0.39 is 5.91 Å². The van der Waals surface area contributed by atoms with Gasteiger partial charge in [-0.1, -0.05) is 31.2 Å². The van der Waals surface area contributed by atoms with Gasteiger partial charge in [-0.05, 0) is 98.0 Å². The Morgan fingerprint density at radius 2 is 1.67 bits per heavy atom. The van der Waals surface area contributed by atoms with E-state index >= 15 is 4.39 Å². The van der Waals surface area contributed by atoms with Gasteiger partial charge in [0.05, 0.1) is 23.8 Å². The largest absolute Gasteiger partial charge is 0.381 e. The molecule has 0 radical (unpaired) electrons. The topological polar surface area (TPSA) is 122 Å². The van der Waals surface area contributed by atoms with E-state index in [0.29, 0.717) is 37.3 Å². The summed E-state index contributed by atoms with van der Waals surface area (Å²) < 4.78 is 23.2. The van der Waals surface area contributed by atoms with Gasteiger partial charge in [0.2, 0.25) is 5.91 Å². The smallest absolute Gasteiger partial charge is 0.254 e. The van der Waals surface area contributed by atoms with Gasteiger partial charge in [-0.3, -0.25) is 14.5 Å². The number of primary amides is 1. The maximum atomic E-state index is 15.6. The van der Waals surface area contributed by atoms with Crippen LogP contribution in [0.2, 0.25) is 0 Å².